The summed E-state index contributed by atoms with van der Waals surface area (Å²) in [4.78, 5) is 24.3. The van der Waals surface area contributed by atoms with Gasteiger partial charge in [-0.1, -0.05) is 0 Å². The van der Waals surface area contributed by atoms with Gasteiger partial charge >= 0.3 is 5.97 Å². The Morgan fingerprint density at radius 3 is 2.67 bits per heavy atom. The number of methoxy groups -OCH3 is 1. The van der Waals surface area contributed by atoms with Crippen LogP contribution in [0.2, 0.25) is 0 Å². The Hall–Kier alpha value is -2.04. The van der Waals surface area contributed by atoms with Crippen molar-refractivity contribution >= 4 is 23.3 Å². The van der Waals surface area contributed by atoms with Gasteiger partial charge in [-0.2, -0.15) is 0 Å². The quantitative estimate of drug-likeness (QED) is 0.818. The molecule has 0 radical (unpaired) electrons. The van der Waals surface area contributed by atoms with Crippen molar-refractivity contribution < 1.29 is 14.3 Å². The van der Waals surface area contributed by atoms with Crippen molar-refractivity contribution in [2.24, 2.45) is 0 Å². The fraction of sp³-hybridized carbons (Fsp3) is 0.385. The number of nitrogens with one attached hydrogen (secondary N) is 1. The zero-order valence-corrected chi connectivity index (χ0v) is 10.3. The highest BCUT2D eigenvalue weighted by Crippen LogP contribution is 2.22. The smallest absolute Gasteiger partial charge is 0.325 e. The van der Waals surface area contributed by atoms with Crippen molar-refractivity contribution in [1.82, 2.24) is 0 Å². The van der Waals surface area contributed by atoms with Crippen LogP contribution in [0.5, 0.6) is 0 Å². The van der Waals surface area contributed by atoms with Crippen LogP contribution in [-0.4, -0.2) is 32.1 Å². The zero-order chi connectivity index (χ0) is 13.0. The molecule has 1 N–H and O–H groups in total. The van der Waals surface area contributed by atoms with Gasteiger partial charge in [-0.15, -0.1) is 0 Å². The van der Waals surface area contributed by atoms with Crippen LogP contribution >= 0.6 is 0 Å². The Morgan fingerprint density at radius 2 is 2.11 bits per heavy atom. The fourth-order valence-electron chi connectivity index (χ4n) is 1.93. The van der Waals surface area contributed by atoms with Crippen LogP contribution in [0.3, 0.4) is 0 Å². The Bertz CT molecular complexity index is 442. The van der Waals surface area contributed by atoms with Crippen LogP contribution in [0, 0.1) is 0 Å². The third-order valence-corrected chi connectivity index (χ3v) is 2.92. The molecule has 1 aliphatic rings. The van der Waals surface area contributed by atoms with E-state index in [2.05, 4.69) is 10.1 Å². The number of amides is 1. The van der Waals surface area contributed by atoms with E-state index in [0.717, 1.165) is 24.3 Å². The number of carbonyl (C=O) groups is 2. The maximum absolute atomic E-state index is 11.6. The molecule has 0 bridgehead atoms. The minimum atomic E-state index is -0.311. The number of esters is 1. The highest BCUT2D eigenvalue weighted by Gasteiger charge is 2.21. The van der Waals surface area contributed by atoms with Crippen LogP contribution < -0.4 is 10.2 Å². The Morgan fingerprint density at radius 1 is 1.39 bits per heavy atom. The lowest BCUT2D eigenvalue weighted by Crippen LogP contribution is -2.23. The summed E-state index contributed by atoms with van der Waals surface area (Å²) in [5, 5.41) is 2.95. The number of carbonyl (C=O) groups excluding carboxylic acids is 2. The molecule has 0 spiro atoms. The van der Waals surface area contributed by atoms with Crippen LogP contribution in [0.4, 0.5) is 11.4 Å². The van der Waals surface area contributed by atoms with Gasteiger partial charge < -0.3 is 15.0 Å². The average molecular weight is 248 g/mol. The Kier molecular flexibility index (Phi) is 3.82. The van der Waals surface area contributed by atoms with Gasteiger partial charge in [-0.05, 0) is 30.7 Å². The van der Waals surface area contributed by atoms with Crippen molar-refractivity contribution in [3.63, 3.8) is 0 Å². The van der Waals surface area contributed by atoms with Gasteiger partial charge in [0.25, 0.3) is 0 Å². The van der Waals surface area contributed by atoms with Crippen molar-refractivity contribution in [2.45, 2.75) is 12.8 Å². The van der Waals surface area contributed by atoms with E-state index < -0.39 is 0 Å². The first-order chi connectivity index (χ1) is 8.70. The first kappa shape index (κ1) is 12.4. The first-order valence-corrected chi connectivity index (χ1v) is 5.92. The number of benzene rings is 1. The molecule has 1 amide bonds. The number of rotatable bonds is 4. The molecule has 0 saturated carbocycles. The molecule has 5 heteroatoms. The molecule has 1 heterocycles. The summed E-state index contributed by atoms with van der Waals surface area (Å²) in [5.41, 5.74) is 1.73. The van der Waals surface area contributed by atoms with Crippen LogP contribution in [0.15, 0.2) is 24.3 Å². The van der Waals surface area contributed by atoms with Crippen LogP contribution in [0.25, 0.3) is 0 Å². The molecule has 18 heavy (non-hydrogen) atoms. The zero-order valence-electron chi connectivity index (χ0n) is 10.3. The summed E-state index contributed by atoms with van der Waals surface area (Å²) in [7, 11) is 1.35. The largest absolute Gasteiger partial charge is 0.468 e. The van der Waals surface area contributed by atoms with E-state index in [-0.39, 0.29) is 18.4 Å². The lowest BCUT2D eigenvalue weighted by molar-refractivity contribution is -0.138. The van der Waals surface area contributed by atoms with Gasteiger partial charge in [0, 0.05) is 24.3 Å². The van der Waals surface area contributed by atoms with Gasteiger partial charge in [0.05, 0.1) is 7.11 Å². The molecule has 1 saturated heterocycles. The monoisotopic (exact) mass is 248 g/mol. The van der Waals surface area contributed by atoms with Gasteiger partial charge in [0.15, 0.2) is 0 Å². The molecule has 1 aromatic rings. The van der Waals surface area contributed by atoms with E-state index in [9.17, 15) is 9.59 Å². The number of hydrogen-bond donors (Lipinski definition) is 1. The Labute approximate surface area is 106 Å². The second-order valence-electron chi connectivity index (χ2n) is 4.13. The van der Waals surface area contributed by atoms with Crippen molar-refractivity contribution in [1.29, 1.82) is 0 Å². The summed E-state index contributed by atoms with van der Waals surface area (Å²) in [5.74, 6) is -0.140. The predicted octanol–water partition coefficient (Wildman–Crippen LogP) is 1.40. The van der Waals surface area contributed by atoms with E-state index in [1.54, 1.807) is 4.90 Å². The molecular formula is C13H16N2O3. The highest BCUT2D eigenvalue weighted by molar-refractivity contribution is 5.95. The topological polar surface area (TPSA) is 58.6 Å². The minimum absolute atomic E-state index is 0.137. The second kappa shape index (κ2) is 5.53. The molecular weight excluding hydrogens is 232 g/mol. The van der Waals surface area contributed by atoms with E-state index in [4.69, 9.17) is 0 Å². The number of ether oxygens (including phenoxy) is 1. The van der Waals surface area contributed by atoms with E-state index in [1.807, 2.05) is 24.3 Å². The molecule has 96 valence electrons. The molecule has 5 nitrogen and oxygen atoms in total. The summed E-state index contributed by atoms with van der Waals surface area (Å²) >= 11 is 0. The lowest BCUT2D eigenvalue weighted by atomic mass is 10.2. The SMILES string of the molecule is COC(=O)CNc1ccc(N2CCCC2=O)cc1. The van der Waals surface area contributed by atoms with Gasteiger partial charge in [0.2, 0.25) is 5.91 Å². The second-order valence-corrected chi connectivity index (χ2v) is 4.13. The molecule has 0 aliphatic carbocycles. The van der Waals surface area contributed by atoms with E-state index in [1.165, 1.54) is 7.11 Å². The van der Waals surface area contributed by atoms with Crippen molar-refractivity contribution in [3.05, 3.63) is 24.3 Å². The number of anilines is 2. The molecule has 2 rings (SSSR count). The maximum atomic E-state index is 11.6. The van der Waals surface area contributed by atoms with E-state index >= 15 is 0 Å². The standard InChI is InChI=1S/C13H16N2O3/c1-18-13(17)9-14-10-4-6-11(7-5-10)15-8-2-3-12(15)16/h4-7,14H,2-3,8-9H2,1H3. The number of hydrogen-bond acceptors (Lipinski definition) is 4. The van der Waals surface area contributed by atoms with Crippen molar-refractivity contribution in [3.8, 4) is 0 Å². The molecule has 0 atom stereocenters. The molecule has 1 aliphatic heterocycles. The van der Waals surface area contributed by atoms with Crippen LogP contribution in [0.1, 0.15) is 12.8 Å². The Balaban J connectivity index is 1.97. The summed E-state index contributed by atoms with van der Waals surface area (Å²) in [6, 6.07) is 7.46. The first-order valence-electron chi connectivity index (χ1n) is 5.92. The molecule has 0 unspecified atom stereocenters. The number of nitrogens with zero attached hydrogens (tertiary/aromatic N) is 1. The van der Waals surface area contributed by atoms with Gasteiger partial charge in [-0.3, -0.25) is 9.59 Å². The summed E-state index contributed by atoms with van der Waals surface area (Å²) < 4.78 is 4.54. The average Bonchev–Trinajstić information content (AvgIpc) is 2.83. The third-order valence-electron chi connectivity index (χ3n) is 2.92. The maximum Gasteiger partial charge on any atom is 0.325 e. The summed E-state index contributed by atoms with van der Waals surface area (Å²) in [6.07, 6.45) is 1.55. The fourth-order valence-corrected chi connectivity index (χ4v) is 1.93. The highest BCUT2D eigenvalue weighted by atomic mass is 16.5. The van der Waals surface area contributed by atoms with Crippen molar-refractivity contribution in [2.75, 3.05) is 30.4 Å². The van der Waals surface area contributed by atoms with Crippen LogP contribution in [-0.2, 0) is 14.3 Å². The molecule has 1 fully saturated rings. The molecule has 1 aromatic carbocycles. The van der Waals surface area contributed by atoms with E-state index in [0.29, 0.717) is 6.42 Å². The van der Waals surface area contributed by atoms with Gasteiger partial charge in [-0.25, -0.2) is 0 Å². The van der Waals surface area contributed by atoms with Gasteiger partial charge in [0.1, 0.15) is 6.54 Å². The lowest BCUT2D eigenvalue weighted by Gasteiger charge is -2.16. The normalized spacial score (nSPS) is 14.7. The summed E-state index contributed by atoms with van der Waals surface area (Å²) in [6.45, 7) is 0.923. The minimum Gasteiger partial charge on any atom is -0.468 e. The third kappa shape index (κ3) is 2.80. The predicted molar refractivity (Wildman–Crippen MR) is 68.5 cm³/mol. The molecule has 0 aromatic heterocycles.